The molecule has 1 aromatic carbocycles. The highest BCUT2D eigenvalue weighted by atomic mass is 16.5. The van der Waals surface area contributed by atoms with Gasteiger partial charge in [-0.1, -0.05) is 13.0 Å². The Hall–Kier alpha value is -1.06. The Labute approximate surface area is 111 Å². The number of ether oxygens (including phenoxy) is 1. The normalized spacial score (nSPS) is 12.5. The molecule has 0 saturated carbocycles. The summed E-state index contributed by atoms with van der Waals surface area (Å²) in [6.45, 7) is 9.17. The van der Waals surface area contributed by atoms with Gasteiger partial charge in [0.1, 0.15) is 5.75 Å². The van der Waals surface area contributed by atoms with E-state index in [1.807, 2.05) is 0 Å². The van der Waals surface area contributed by atoms with Gasteiger partial charge in [0, 0.05) is 0 Å². The minimum atomic E-state index is 0.545. The van der Waals surface area contributed by atoms with Gasteiger partial charge >= 0.3 is 0 Å². The fourth-order valence-electron chi connectivity index (χ4n) is 2.00. The van der Waals surface area contributed by atoms with Crippen molar-refractivity contribution >= 4 is 0 Å². The maximum absolute atomic E-state index is 5.59. The number of nitrogens with one attached hydrogen (secondary N) is 1. The number of benzene rings is 1. The highest BCUT2D eigenvalue weighted by Crippen LogP contribution is 2.23. The van der Waals surface area contributed by atoms with Crippen molar-refractivity contribution in [2.45, 2.75) is 27.2 Å². The van der Waals surface area contributed by atoms with Gasteiger partial charge in [0.25, 0.3) is 0 Å². The van der Waals surface area contributed by atoms with Crippen LogP contribution in [-0.2, 0) is 6.42 Å². The molecule has 0 aromatic heterocycles. The highest BCUT2D eigenvalue weighted by Gasteiger charge is 2.06. The monoisotopic (exact) mass is 250 g/mol. The maximum atomic E-state index is 5.59. The van der Waals surface area contributed by atoms with Crippen LogP contribution in [-0.4, -0.2) is 26.7 Å². The van der Waals surface area contributed by atoms with E-state index in [-0.39, 0.29) is 0 Å². The molecule has 1 rings (SSSR count). The Bertz CT molecular complexity index is 377. The summed E-state index contributed by atoms with van der Waals surface area (Å²) in [5.74, 6) is 1.52. The molecule has 0 bridgehead atoms. The number of methoxy groups -OCH3 is 1. The molecule has 3 heteroatoms. The van der Waals surface area contributed by atoms with Crippen LogP contribution in [0.3, 0.4) is 0 Å². The van der Waals surface area contributed by atoms with Crippen LogP contribution in [0.25, 0.3) is 0 Å². The molecule has 3 nitrogen and oxygen atoms in total. The quantitative estimate of drug-likeness (QED) is 0.728. The second-order valence-electron chi connectivity index (χ2n) is 4.97. The van der Waals surface area contributed by atoms with Gasteiger partial charge in [-0.25, -0.2) is 0 Å². The van der Waals surface area contributed by atoms with Gasteiger partial charge < -0.3 is 15.8 Å². The van der Waals surface area contributed by atoms with Crippen LogP contribution in [0.5, 0.6) is 5.75 Å². The second-order valence-corrected chi connectivity index (χ2v) is 4.97. The fourth-order valence-corrected chi connectivity index (χ4v) is 2.00. The van der Waals surface area contributed by atoms with Crippen LogP contribution < -0.4 is 15.8 Å². The third kappa shape index (κ3) is 4.00. The van der Waals surface area contributed by atoms with Crippen LogP contribution in [0.2, 0.25) is 0 Å². The smallest absolute Gasteiger partial charge is 0.122 e. The van der Waals surface area contributed by atoms with E-state index in [4.69, 9.17) is 10.5 Å². The van der Waals surface area contributed by atoms with E-state index >= 15 is 0 Å². The van der Waals surface area contributed by atoms with Crippen LogP contribution in [0.15, 0.2) is 12.1 Å². The molecule has 0 radical (unpaired) electrons. The maximum Gasteiger partial charge on any atom is 0.122 e. The predicted molar refractivity (Wildman–Crippen MR) is 77.3 cm³/mol. The Morgan fingerprint density at radius 1 is 1.28 bits per heavy atom. The first-order valence-electron chi connectivity index (χ1n) is 6.64. The number of hydrogen-bond donors (Lipinski definition) is 2. The van der Waals surface area contributed by atoms with E-state index in [1.165, 1.54) is 16.7 Å². The Balaban J connectivity index is 2.50. The van der Waals surface area contributed by atoms with Crippen molar-refractivity contribution in [1.29, 1.82) is 0 Å². The highest BCUT2D eigenvalue weighted by molar-refractivity contribution is 5.43. The molecular formula is C15H26N2O. The zero-order valence-electron chi connectivity index (χ0n) is 12.0. The SMILES string of the molecule is COc1ccc(CCNCC(C)CN)c(C)c1C. The minimum absolute atomic E-state index is 0.545. The summed E-state index contributed by atoms with van der Waals surface area (Å²) < 4.78 is 5.32. The summed E-state index contributed by atoms with van der Waals surface area (Å²) in [6.07, 6.45) is 1.05. The van der Waals surface area contributed by atoms with Crippen LogP contribution >= 0.6 is 0 Å². The van der Waals surface area contributed by atoms with E-state index in [9.17, 15) is 0 Å². The summed E-state index contributed by atoms with van der Waals surface area (Å²) in [6, 6.07) is 4.22. The first kappa shape index (κ1) is 15.0. The van der Waals surface area contributed by atoms with Gasteiger partial charge in [-0.2, -0.15) is 0 Å². The molecule has 1 unspecified atom stereocenters. The molecule has 1 atom stereocenters. The summed E-state index contributed by atoms with van der Waals surface area (Å²) in [7, 11) is 1.72. The number of rotatable bonds is 7. The summed E-state index contributed by atoms with van der Waals surface area (Å²) in [5, 5.41) is 3.45. The van der Waals surface area contributed by atoms with Gasteiger partial charge in [0.05, 0.1) is 7.11 Å². The first-order chi connectivity index (χ1) is 8.60. The van der Waals surface area contributed by atoms with Gasteiger partial charge in [0.15, 0.2) is 0 Å². The molecule has 0 spiro atoms. The molecule has 18 heavy (non-hydrogen) atoms. The molecular weight excluding hydrogens is 224 g/mol. The van der Waals surface area contributed by atoms with Crippen molar-refractivity contribution < 1.29 is 4.74 Å². The molecule has 0 aliphatic carbocycles. The molecule has 1 aromatic rings. The zero-order chi connectivity index (χ0) is 13.5. The van der Waals surface area contributed by atoms with Crippen molar-refractivity contribution in [3.8, 4) is 5.75 Å². The predicted octanol–water partition coefficient (Wildman–Crippen LogP) is 2.04. The lowest BCUT2D eigenvalue weighted by molar-refractivity contribution is 0.411. The first-order valence-corrected chi connectivity index (χ1v) is 6.64. The molecule has 0 aliphatic rings. The molecule has 0 saturated heterocycles. The number of hydrogen-bond acceptors (Lipinski definition) is 3. The van der Waals surface area contributed by atoms with Gasteiger partial charge in [0.2, 0.25) is 0 Å². The van der Waals surface area contributed by atoms with E-state index in [0.717, 1.165) is 31.8 Å². The standard InChI is InChI=1S/C15H26N2O/c1-11(9-16)10-17-8-7-14-5-6-15(18-4)13(3)12(14)2/h5-6,11,17H,7-10,16H2,1-4H3. The van der Waals surface area contributed by atoms with Crippen molar-refractivity contribution in [3.05, 3.63) is 28.8 Å². The third-order valence-electron chi connectivity index (χ3n) is 3.54. The van der Waals surface area contributed by atoms with E-state index in [0.29, 0.717) is 5.92 Å². The number of nitrogens with two attached hydrogens (primary N) is 1. The molecule has 102 valence electrons. The summed E-state index contributed by atoms with van der Waals surface area (Å²) in [5.41, 5.74) is 9.55. The lowest BCUT2D eigenvalue weighted by Gasteiger charge is -2.14. The second kappa shape index (κ2) is 7.39. The van der Waals surface area contributed by atoms with Crippen molar-refractivity contribution in [1.82, 2.24) is 5.32 Å². The minimum Gasteiger partial charge on any atom is -0.496 e. The van der Waals surface area contributed by atoms with Gasteiger partial charge in [-0.05, 0) is 68.6 Å². The van der Waals surface area contributed by atoms with E-state index < -0.39 is 0 Å². The fraction of sp³-hybridized carbons (Fsp3) is 0.600. The van der Waals surface area contributed by atoms with Crippen molar-refractivity contribution in [3.63, 3.8) is 0 Å². The topological polar surface area (TPSA) is 47.3 Å². The van der Waals surface area contributed by atoms with Gasteiger partial charge in [-0.15, -0.1) is 0 Å². The third-order valence-corrected chi connectivity index (χ3v) is 3.54. The van der Waals surface area contributed by atoms with E-state index in [2.05, 4.69) is 38.2 Å². The van der Waals surface area contributed by atoms with Crippen molar-refractivity contribution in [2.75, 3.05) is 26.7 Å². The molecule has 0 heterocycles. The zero-order valence-corrected chi connectivity index (χ0v) is 12.0. The molecule has 0 fully saturated rings. The van der Waals surface area contributed by atoms with Crippen LogP contribution in [0.4, 0.5) is 0 Å². The van der Waals surface area contributed by atoms with Crippen LogP contribution in [0, 0.1) is 19.8 Å². The lowest BCUT2D eigenvalue weighted by atomic mass is 10.00. The average molecular weight is 250 g/mol. The van der Waals surface area contributed by atoms with Gasteiger partial charge in [-0.3, -0.25) is 0 Å². The van der Waals surface area contributed by atoms with Crippen LogP contribution in [0.1, 0.15) is 23.6 Å². The Morgan fingerprint density at radius 2 is 2.00 bits per heavy atom. The van der Waals surface area contributed by atoms with E-state index in [1.54, 1.807) is 7.11 Å². The summed E-state index contributed by atoms with van der Waals surface area (Å²) in [4.78, 5) is 0. The van der Waals surface area contributed by atoms with Crippen molar-refractivity contribution in [2.24, 2.45) is 11.7 Å². The molecule has 0 aliphatic heterocycles. The lowest BCUT2D eigenvalue weighted by Crippen LogP contribution is -2.27. The molecule has 3 N–H and O–H groups in total. The largest absolute Gasteiger partial charge is 0.496 e. The molecule has 0 amide bonds. The summed E-state index contributed by atoms with van der Waals surface area (Å²) >= 11 is 0. The average Bonchev–Trinajstić information content (AvgIpc) is 2.39. The Kier molecular flexibility index (Phi) is 6.16. The Morgan fingerprint density at radius 3 is 2.61 bits per heavy atom.